The largest absolute Gasteiger partial charge is 0.463 e. The number of aliphatic hydroxyl groups excluding tert-OH is 1. The van der Waals surface area contributed by atoms with Crippen molar-refractivity contribution in [2.75, 3.05) is 39.5 Å². The number of alkyl carbamates (subject to hydrolysis) is 1. The molecule has 1 rings (SSSR count). The van der Waals surface area contributed by atoms with Gasteiger partial charge >= 0.3 is 12.1 Å². The molecule has 4 N–H and O–H groups in total. The molecule has 0 aliphatic carbocycles. The van der Waals surface area contributed by atoms with Gasteiger partial charge in [0, 0.05) is 25.9 Å². The first kappa shape index (κ1) is 35.3. The van der Waals surface area contributed by atoms with Crippen LogP contribution in [0.15, 0.2) is 55.6 Å². The lowest BCUT2D eigenvalue weighted by Crippen LogP contribution is -2.43. The Hall–Kier alpha value is -3.70. The van der Waals surface area contributed by atoms with Crippen LogP contribution >= 0.6 is 0 Å². The highest BCUT2D eigenvalue weighted by Crippen LogP contribution is 2.12. The van der Waals surface area contributed by atoms with E-state index in [0.29, 0.717) is 38.6 Å². The fourth-order valence-electron chi connectivity index (χ4n) is 3.69. The van der Waals surface area contributed by atoms with Crippen LogP contribution in [0.4, 0.5) is 4.79 Å². The van der Waals surface area contributed by atoms with Crippen molar-refractivity contribution in [3.05, 3.63) is 61.2 Å². The molecule has 0 aliphatic heterocycles. The number of amides is 3. The monoisotopic (exact) mass is 575 g/mol. The van der Waals surface area contributed by atoms with Crippen LogP contribution in [0.1, 0.15) is 50.5 Å². The van der Waals surface area contributed by atoms with Crippen LogP contribution in [0.5, 0.6) is 0 Å². The van der Waals surface area contributed by atoms with E-state index >= 15 is 0 Å². The maximum atomic E-state index is 13.1. The highest BCUT2D eigenvalue weighted by atomic mass is 16.5. The molecule has 0 spiro atoms. The Labute approximate surface area is 242 Å². The summed E-state index contributed by atoms with van der Waals surface area (Å²) in [5.74, 6) is -1.69. The third-order valence-corrected chi connectivity index (χ3v) is 5.86. The van der Waals surface area contributed by atoms with Crippen molar-refractivity contribution in [2.45, 2.75) is 57.6 Å². The Balaban J connectivity index is 2.55. The number of ether oxygens (including phenoxy) is 3. The molecular formula is C30H45N3O8. The number of carbonyl (C=O) groups is 4. The van der Waals surface area contributed by atoms with E-state index in [9.17, 15) is 19.2 Å². The van der Waals surface area contributed by atoms with E-state index in [1.807, 2.05) is 30.3 Å². The highest BCUT2D eigenvalue weighted by Gasteiger charge is 2.24. The van der Waals surface area contributed by atoms with Crippen molar-refractivity contribution >= 4 is 23.9 Å². The summed E-state index contributed by atoms with van der Waals surface area (Å²) in [6, 6.07) is 8.89. The number of aliphatic hydroxyl groups is 1. The summed E-state index contributed by atoms with van der Waals surface area (Å²) in [5, 5.41) is 17.0. The van der Waals surface area contributed by atoms with Gasteiger partial charge in [-0.15, -0.1) is 13.2 Å². The first-order chi connectivity index (χ1) is 19.9. The molecule has 41 heavy (non-hydrogen) atoms. The number of unbranched alkanes of at least 4 members (excludes halogenated alkanes) is 1. The normalized spacial score (nSPS) is 11.9. The summed E-state index contributed by atoms with van der Waals surface area (Å²) in [7, 11) is 0. The van der Waals surface area contributed by atoms with Gasteiger partial charge in [0.2, 0.25) is 11.8 Å². The van der Waals surface area contributed by atoms with E-state index in [4.69, 9.17) is 19.3 Å². The summed E-state index contributed by atoms with van der Waals surface area (Å²) in [5.41, 5.74) is 0.892. The molecule has 1 aromatic rings. The number of esters is 1. The lowest BCUT2D eigenvalue weighted by atomic mass is 9.98. The molecule has 1 aromatic carbocycles. The van der Waals surface area contributed by atoms with Crippen LogP contribution in [0, 0.1) is 5.92 Å². The van der Waals surface area contributed by atoms with Gasteiger partial charge in [-0.1, -0.05) is 42.5 Å². The molecule has 0 heterocycles. The second-order valence-corrected chi connectivity index (χ2v) is 9.31. The van der Waals surface area contributed by atoms with Crippen LogP contribution in [0.2, 0.25) is 0 Å². The minimum Gasteiger partial charge on any atom is -0.463 e. The maximum absolute atomic E-state index is 13.1. The Morgan fingerprint density at radius 2 is 1.73 bits per heavy atom. The van der Waals surface area contributed by atoms with Crippen LogP contribution < -0.4 is 16.0 Å². The number of carbonyl (C=O) groups excluding carboxylic acids is 4. The summed E-state index contributed by atoms with van der Waals surface area (Å²) in [4.78, 5) is 49.4. The van der Waals surface area contributed by atoms with Crippen LogP contribution in [-0.2, 0) is 35.2 Å². The number of rotatable bonds is 23. The first-order valence-corrected chi connectivity index (χ1v) is 14.0. The Bertz CT molecular complexity index is 926. The fraction of sp³-hybridized carbons (Fsp3) is 0.533. The van der Waals surface area contributed by atoms with Gasteiger partial charge in [-0.05, 0) is 37.7 Å². The van der Waals surface area contributed by atoms with Crippen molar-refractivity contribution in [3.8, 4) is 0 Å². The van der Waals surface area contributed by atoms with Crippen LogP contribution in [0.25, 0.3) is 0 Å². The molecular weight excluding hydrogens is 530 g/mol. The Morgan fingerprint density at radius 3 is 2.44 bits per heavy atom. The van der Waals surface area contributed by atoms with Crippen molar-refractivity contribution in [2.24, 2.45) is 5.92 Å². The first-order valence-electron chi connectivity index (χ1n) is 14.0. The van der Waals surface area contributed by atoms with Gasteiger partial charge in [0.25, 0.3) is 0 Å². The maximum Gasteiger partial charge on any atom is 0.407 e. The molecule has 0 radical (unpaired) electrons. The number of hydrogen-bond acceptors (Lipinski definition) is 8. The van der Waals surface area contributed by atoms with E-state index in [2.05, 4.69) is 29.1 Å². The zero-order chi connectivity index (χ0) is 30.1. The smallest absolute Gasteiger partial charge is 0.407 e. The second kappa shape index (κ2) is 23.0. The third kappa shape index (κ3) is 18.3. The molecule has 0 unspecified atom stereocenters. The van der Waals surface area contributed by atoms with Gasteiger partial charge in [-0.2, -0.15) is 0 Å². The van der Waals surface area contributed by atoms with E-state index in [-0.39, 0.29) is 64.2 Å². The highest BCUT2D eigenvalue weighted by molar-refractivity contribution is 5.86. The van der Waals surface area contributed by atoms with Crippen LogP contribution in [-0.4, -0.2) is 74.5 Å². The summed E-state index contributed by atoms with van der Waals surface area (Å²) in [6.45, 7) is 8.44. The summed E-state index contributed by atoms with van der Waals surface area (Å²) < 4.78 is 15.7. The van der Waals surface area contributed by atoms with Gasteiger partial charge in [-0.3, -0.25) is 14.4 Å². The van der Waals surface area contributed by atoms with Crippen molar-refractivity contribution in [1.29, 1.82) is 0 Å². The molecule has 2 atom stereocenters. The van der Waals surface area contributed by atoms with Gasteiger partial charge in [0.05, 0.1) is 31.8 Å². The predicted octanol–water partition coefficient (Wildman–Crippen LogP) is 2.78. The third-order valence-electron chi connectivity index (χ3n) is 5.86. The van der Waals surface area contributed by atoms with E-state index < -0.39 is 24.0 Å². The van der Waals surface area contributed by atoms with Crippen molar-refractivity contribution in [1.82, 2.24) is 16.0 Å². The molecule has 11 heteroatoms. The van der Waals surface area contributed by atoms with Crippen molar-refractivity contribution in [3.63, 3.8) is 0 Å². The van der Waals surface area contributed by atoms with E-state index in [1.54, 1.807) is 12.2 Å². The Morgan fingerprint density at radius 1 is 0.951 bits per heavy atom. The minimum atomic E-state index is -0.647. The quantitative estimate of drug-likeness (QED) is 0.0883. The average Bonchev–Trinajstić information content (AvgIpc) is 2.97. The zero-order valence-electron chi connectivity index (χ0n) is 23.8. The average molecular weight is 576 g/mol. The number of hydrogen-bond donors (Lipinski definition) is 4. The lowest BCUT2D eigenvalue weighted by Gasteiger charge is -2.22. The standard InChI is InChI=1S/C30H45N3O8/c1-3-5-15-28(36)40-23-26(14-9-10-16-32-30(38)41-22-24-12-7-6-8-13-24)33-29(37)25(11-4-2)21-27(35)31-17-19-39-20-18-34/h3-4,6-8,12-13,25-26,34H,1-2,5,9-11,14-23H2,(H,31,35)(H,32,38)(H,33,37)/t25-,26+/m1/s1. The topological polar surface area (TPSA) is 152 Å². The molecule has 3 amide bonds. The van der Waals surface area contributed by atoms with Crippen molar-refractivity contribution < 1.29 is 38.5 Å². The SMILES string of the molecule is C=CCCC(=O)OC[C@H](CCCCNC(=O)OCc1ccccc1)NC(=O)[C@H](CC=C)CC(=O)NCCOCCO. The van der Waals surface area contributed by atoms with Gasteiger partial charge in [-0.25, -0.2) is 4.79 Å². The molecule has 0 saturated heterocycles. The van der Waals surface area contributed by atoms with Gasteiger partial charge in [0.1, 0.15) is 13.2 Å². The number of nitrogens with one attached hydrogen (secondary N) is 3. The van der Waals surface area contributed by atoms with E-state index in [1.165, 1.54) is 0 Å². The molecule has 0 fully saturated rings. The van der Waals surface area contributed by atoms with Crippen LogP contribution in [0.3, 0.4) is 0 Å². The van der Waals surface area contributed by atoms with Gasteiger partial charge in [0.15, 0.2) is 0 Å². The molecule has 0 aromatic heterocycles. The minimum absolute atomic E-state index is 0.0105. The van der Waals surface area contributed by atoms with E-state index in [0.717, 1.165) is 5.56 Å². The van der Waals surface area contributed by atoms with Gasteiger partial charge < -0.3 is 35.3 Å². The molecule has 0 saturated carbocycles. The molecule has 0 bridgehead atoms. The zero-order valence-corrected chi connectivity index (χ0v) is 23.8. The lowest BCUT2D eigenvalue weighted by molar-refractivity contribution is -0.145. The molecule has 228 valence electrons. The second-order valence-electron chi connectivity index (χ2n) is 9.31. The summed E-state index contributed by atoms with van der Waals surface area (Å²) in [6.07, 6.45) is 5.37. The predicted molar refractivity (Wildman–Crippen MR) is 155 cm³/mol. The number of allylic oxidation sites excluding steroid dienone is 2. The fourth-order valence-corrected chi connectivity index (χ4v) is 3.69. The molecule has 11 nitrogen and oxygen atoms in total. The summed E-state index contributed by atoms with van der Waals surface area (Å²) >= 11 is 0. The number of benzene rings is 1. The molecule has 0 aliphatic rings. The Kier molecular flexibility index (Phi) is 19.9.